The average molecular weight is 294 g/mol. The van der Waals surface area contributed by atoms with Crippen LogP contribution in [0.25, 0.3) is 0 Å². The number of sulfone groups is 1. The first-order chi connectivity index (χ1) is 9.25. The normalized spacial score (nSPS) is 21.7. The fourth-order valence-corrected chi connectivity index (χ4v) is 4.86. The Hall–Kier alpha value is -1.16. The van der Waals surface area contributed by atoms with Crippen molar-refractivity contribution in [3.05, 3.63) is 33.9 Å². The Bertz CT molecular complexity index is 631. The van der Waals surface area contributed by atoms with E-state index in [1.165, 1.54) is 0 Å². The van der Waals surface area contributed by atoms with E-state index < -0.39 is 15.1 Å². The first-order valence-corrected chi connectivity index (χ1v) is 8.80. The van der Waals surface area contributed by atoms with Crippen molar-refractivity contribution in [3.8, 4) is 0 Å². The van der Waals surface area contributed by atoms with E-state index in [0.717, 1.165) is 28.7 Å². The first-order valence-electron chi connectivity index (χ1n) is 7.09. The van der Waals surface area contributed by atoms with Gasteiger partial charge in [0.2, 0.25) is 0 Å². The minimum atomic E-state index is -3.28. The van der Waals surface area contributed by atoms with Crippen LogP contribution in [0.1, 0.15) is 51.9 Å². The molecule has 1 unspecified atom stereocenters. The lowest BCUT2D eigenvalue weighted by Gasteiger charge is -2.23. The van der Waals surface area contributed by atoms with Gasteiger partial charge in [0.25, 0.3) is 0 Å². The summed E-state index contributed by atoms with van der Waals surface area (Å²) in [6.07, 6.45) is 1.96. The monoisotopic (exact) mass is 294 g/mol. The third-order valence-electron chi connectivity index (χ3n) is 4.48. The van der Waals surface area contributed by atoms with E-state index in [1.807, 2.05) is 27.7 Å². The van der Waals surface area contributed by atoms with E-state index >= 15 is 0 Å². The van der Waals surface area contributed by atoms with Crippen molar-refractivity contribution < 1.29 is 13.2 Å². The smallest absolute Gasteiger partial charge is 0.181 e. The molecule has 20 heavy (non-hydrogen) atoms. The van der Waals surface area contributed by atoms with Crippen molar-refractivity contribution in [2.24, 2.45) is 0 Å². The zero-order valence-corrected chi connectivity index (χ0v) is 13.4. The number of aryl methyl sites for hydroxylation is 2. The Morgan fingerprint density at radius 1 is 1.05 bits per heavy atom. The summed E-state index contributed by atoms with van der Waals surface area (Å²) in [6.45, 7) is 7.75. The molecule has 4 heteroatoms. The molecule has 0 N–H and O–H groups in total. The molecular formula is C16H22O3S. The van der Waals surface area contributed by atoms with Gasteiger partial charge in [0, 0.05) is 5.56 Å². The molecule has 0 amide bonds. The van der Waals surface area contributed by atoms with Crippen molar-refractivity contribution in [2.75, 3.05) is 5.75 Å². The minimum Gasteiger partial charge on any atom is -0.293 e. The Balaban J connectivity index is 2.54. The number of benzene rings is 1. The summed E-state index contributed by atoms with van der Waals surface area (Å²) in [6, 6.07) is 2.05. The zero-order valence-electron chi connectivity index (χ0n) is 12.6. The van der Waals surface area contributed by atoms with Crippen molar-refractivity contribution in [1.82, 2.24) is 0 Å². The van der Waals surface area contributed by atoms with Gasteiger partial charge >= 0.3 is 0 Å². The van der Waals surface area contributed by atoms with Gasteiger partial charge < -0.3 is 0 Å². The fourth-order valence-electron chi connectivity index (χ4n) is 3.00. The highest BCUT2D eigenvalue weighted by atomic mass is 32.2. The molecule has 1 aromatic carbocycles. The molecule has 3 nitrogen and oxygen atoms in total. The fraction of sp³-hybridized carbons (Fsp3) is 0.562. The molecule has 0 radical (unpaired) electrons. The zero-order chi connectivity index (χ0) is 15.1. The van der Waals surface area contributed by atoms with E-state index in [9.17, 15) is 13.2 Å². The third kappa shape index (κ3) is 2.53. The van der Waals surface area contributed by atoms with Gasteiger partial charge in [-0.2, -0.15) is 0 Å². The van der Waals surface area contributed by atoms with E-state index in [1.54, 1.807) is 0 Å². The molecule has 1 aromatic rings. The van der Waals surface area contributed by atoms with Crippen LogP contribution in [-0.2, 0) is 9.84 Å². The molecule has 1 saturated heterocycles. The van der Waals surface area contributed by atoms with Gasteiger partial charge in [-0.25, -0.2) is 8.42 Å². The third-order valence-corrected chi connectivity index (χ3v) is 6.66. The predicted molar refractivity (Wildman–Crippen MR) is 81.1 cm³/mol. The van der Waals surface area contributed by atoms with Crippen LogP contribution in [-0.4, -0.2) is 25.2 Å². The quantitative estimate of drug-likeness (QED) is 0.788. The van der Waals surface area contributed by atoms with E-state index in [0.29, 0.717) is 18.4 Å². The highest BCUT2D eigenvalue weighted by molar-refractivity contribution is 7.92. The summed E-state index contributed by atoms with van der Waals surface area (Å²) in [5.41, 5.74) is 4.55. The second kappa shape index (κ2) is 5.32. The molecule has 1 fully saturated rings. The molecule has 0 saturated carbocycles. The van der Waals surface area contributed by atoms with Crippen LogP contribution in [0.4, 0.5) is 0 Å². The molecule has 0 spiro atoms. The maximum Gasteiger partial charge on any atom is 0.181 e. The van der Waals surface area contributed by atoms with Crippen LogP contribution < -0.4 is 0 Å². The molecule has 110 valence electrons. The topological polar surface area (TPSA) is 51.2 Å². The minimum absolute atomic E-state index is 0.145. The van der Waals surface area contributed by atoms with Crippen molar-refractivity contribution in [2.45, 2.75) is 52.2 Å². The van der Waals surface area contributed by atoms with Crippen molar-refractivity contribution in [3.63, 3.8) is 0 Å². The molecule has 1 aliphatic heterocycles. The molecule has 1 atom stereocenters. The predicted octanol–water partition coefficient (Wildman–Crippen LogP) is 3.07. The molecule has 0 aliphatic carbocycles. The summed E-state index contributed by atoms with van der Waals surface area (Å²) in [4.78, 5) is 12.8. The van der Waals surface area contributed by atoms with Crippen molar-refractivity contribution in [1.29, 1.82) is 0 Å². The van der Waals surface area contributed by atoms with Crippen LogP contribution in [0.2, 0.25) is 0 Å². The number of carbonyl (C=O) groups excluding carboxylic acids is 1. The Labute approximate surface area is 121 Å². The van der Waals surface area contributed by atoms with Gasteiger partial charge in [-0.1, -0.05) is 12.5 Å². The van der Waals surface area contributed by atoms with Crippen molar-refractivity contribution >= 4 is 15.6 Å². The maximum atomic E-state index is 12.8. The molecule has 0 aromatic heterocycles. The second-order valence-electron chi connectivity index (χ2n) is 5.85. The lowest BCUT2D eigenvalue weighted by Crippen LogP contribution is -2.36. The number of hydrogen-bond acceptors (Lipinski definition) is 3. The maximum absolute atomic E-state index is 12.8. The average Bonchev–Trinajstić information content (AvgIpc) is 2.36. The molecular weight excluding hydrogens is 272 g/mol. The summed E-state index contributed by atoms with van der Waals surface area (Å²) in [5.74, 6) is -0.0572. The largest absolute Gasteiger partial charge is 0.293 e. The Morgan fingerprint density at radius 3 is 2.10 bits per heavy atom. The number of ketones is 1. The van der Waals surface area contributed by atoms with Crippen LogP contribution in [0.5, 0.6) is 0 Å². The van der Waals surface area contributed by atoms with E-state index in [4.69, 9.17) is 0 Å². The van der Waals surface area contributed by atoms with Gasteiger partial charge in [0.05, 0.1) is 5.75 Å². The van der Waals surface area contributed by atoms with Crippen LogP contribution >= 0.6 is 0 Å². The molecule has 1 heterocycles. The highest BCUT2D eigenvalue weighted by Gasteiger charge is 2.36. The lowest BCUT2D eigenvalue weighted by atomic mass is 9.90. The van der Waals surface area contributed by atoms with Gasteiger partial charge in [0.1, 0.15) is 5.25 Å². The van der Waals surface area contributed by atoms with Gasteiger partial charge in [-0.05, 0) is 62.8 Å². The standard InChI is InChI=1S/C16H22O3S/c1-10-9-11(2)13(4)15(12(10)3)16(17)14-7-5-6-8-20(14,18)19/h9,14H,5-8H2,1-4H3. The second-order valence-corrected chi connectivity index (χ2v) is 8.15. The number of hydrogen-bond donors (Lipinski definition) is 0. The van der Waals surface area contributed by atoms with Crippen LogP contribution in [0.3, 0.4) is 0 Å². The van der Waals surface area contributed by atoms with Gasteiger partial charge in [-0.3, -0.25) is 4.79 Å². The van der Waals surface area contributed by atoms with E-state index in [-0.39, 0.29) is 11.5 Å². The molecule has 1 aliphatic rings. The highest BCUT2D eigenvalue weighted by Crippen LogP contribution is 2.28. The first kappa shape index (κ1) is 15.2. The number of rotatable bonds is 2. The summed E-state index contributed by atoms with van der Waals surface area (Å²) < 4.78 is 24.3. The molecule has 2 rings (SSSR count). The lowest BCUT2D eigenvalue weighted by molar-refractivity contribution is 0.0980. The summed E-state index contributed by atoms with van der Waals surface area (Å²) in [7, 11) is -3.28. The molecule has 0 bridgehead atoms. The Morgan fingerprint density at radius 2 is 1.60 bits per heavy atom. The van der Waals surface area contributed by atoms with E-state index in [2.05, 4.69) is 6.07 Å². The Kier molecular flexibility index (Phi) is 4.05. The summed E-state index contributed by atoms with van der Waals surface area (Å²) in [5, 5.41) is -0.838. The van der Waals surface area contributed by atoms with Crippen LogP contribution in [0, 0.1) is 27.7 Å². The van der Waals surface area contributed by atoms with Gasteiger partial charge in [0.15, 0.2) is 15.6 Å². The van der Waals surface area contributed by atoms with Crippen LogP contribution in [0.15, 0.2) is 6.07 Å². The SMILES string of the molecule is Cc1cc(C)c(C)c(C(=O)C2CCCCS2(=O)=O)c1C. The number of carbonyl (C=O) groups is 1. The summed E-state index contributed by atoms with van der Waals surface area (Å²) >= 11 is 0. The van der Waals surface area contributed by atoms with Gasteiger partial charge in [-0.15, -0.1) is 0 Å². The number of Topliss-reactive ketones (excluding diaryl/α,β-unsaturated/α-hetero) is 1.